The molecule has 146 valence electrons. The number of rotatable bonds is 9. The van der Waals surface area contributed by atoms with Gasteiger partial charge in [-0.2, -0.15) is 0 Å². The molecule has 1 aromatic heterocycles. The number of benzene rings is 1. The molecule has 0 aliphatic heterocycles. The predicted octanol–water partition coefficient (Wildman–Crippen LogP) is 1.35. The first kappa shape index (κ1) is 23.1. The van der Waals surface area contributed by atoms with E-state index in [1.165, 1.54) is 22.4 Å². The van der Waals surface area contributed by atoms with Crippen molar-refractivity contribution in [1.82, 2.24) is 4.57 Å². The molecule has 1 heterocycles. The summed E-state index contributed by atoms with van der Waals surface area (Å²) in [7, 11) is -2.95. The lowest BCUT2D eigenvalue weighted by atomic mass is 10.1. The highest BCUT2D eigenvalue weighted by molar-refractivity contribution is 7.53. The van der Waals surface area contributed by atoms with E-state index in [2.05, 4.69) is 54.6 Å². The van der Waals surface area contributed by atoms with Gasteiger partial charge in [-0.05, 0) is 52.2 Å². The first-order chi connectivity index (χ1) is 11.9. The summed E-state index contributed by atoms with van der Waals surface area (Å²) < 4.78 is 27.4. The van der Waals surface area contributed by atoms with E-state index < -0.39 is 7.60 Å². The fourth-order valence-electron chi connectivity index (χ4n) is 3.25. The second kappa shape index (κ2) is 10.4. The smallest absolute Gasteiger partial charge is 0.330 e. The highest BCUT2D eigenvalue weighted by atomic mass is 79.9. The average molecular weight is 445 g/mol. The summed E-state index contributed by atoms with van der Waals surface area (Å²) in [5.74, 6) is 0. The Morgan fingerprint density at radius 2 is 1.65 bits per heavy atom. The summed E-state index contributed by atoms with van der Waals surface area (Å²) >= 11 is 0. The van der Waals surface area contributed by atoms with Gasteiger partial charge in [0.15, 0.2) is 0 Å². The number of imidazole rings is 1. The third-order valence-corrected chi connectivity index (χ3v) is 6.25. The number of nitrogens with zero attached hydrogens (tertiary/aromatic N) is 2. The van der Waals surface area contributed by atoms with Crippen LogP contribution in [0.3, 0.4) is 0 Å². The summed E-state index contributed by atoms with van der Waals surface area (Å²) in [6, 6.07) is 4.40. The van der Waals surface area contributed by atoms with Crippen molar-refractivity contribution in [2.45, 2.75) is 47.6 Å². The molecule has 0 aliphatic carbocycles. The van der Waals surface area contributed by atoms with Crippen LogP contribution in [-0.2, 0) is 20.2 Å². The van der Waals surface area contributed by atoms with Crippen molar-refractivity contribution in [2.75, 3.05) is 19.4 Å². The quantitative estimate of drug-likeness (QED) is 0.433. The molecule has 0 radical (unpaired) electrons. The topological polar surface area (TPSA) is 44.3 Å². The normalized spacial score (nSPS) is 11.4. The van der Waals surface area contributed by atoms with E-state index in [9.17, 15) is 4.57 Å². The maximum atomic E-state index is 12.5. The van der Waals surface area contributed by atoms with Gasteiger partial charge in [0.25, 0.3) is 0 Å². The Hall–Kier alpha value is -0.940. The van der Waals surface area contributed by atoms with Gasteiger partial charge in [-0.3, -0.25) is 4.57 Å². The van der Waals surface area contributed by atoms with Crippen molar-refractivity contribution in [1.29, 1.82) is 0 Å². The van der Waals surface area contributed by atoms with Gasteiger partial charge in [0, 0.05) is 0 Å². The van der Waals surface area contributed by atoms with Crippen molar-refractivity contribution in [3.05, 3.63) is 47.5 Å². The molecule has 26 heavy (non-hydrogen) atoms. The Morgan fingerprint density at radius 1 is 1.08 bits per heavy atom. The Kier molecular flexibility index (Phi) is 9.25. The number of aromatic nitrogens is 2. The van der Waals surface area contributed by atoms with Gasteiger partial charge in [-0.15, -0.1) is 0 Å². The lowest BCUT2D eigenvalue weighted by Gasteiger charge is -2.16. The van der Waals surface area contributed by atoms with Crippen LogP contribution in [0.4, 0.5) is 0 Å². The molecule has 0 amide bonds. The van der Waals surface area contributed by atoms with Crippen LogP contribution in [0.15, 0.2) is 30.9 Å². The zero-order valence-electron chi connectivity index (χ0n) is 16.4. The van der Waals surface area contributed by atoms with Crippen LogP contribution < -0.4 is 21.5 Å². The van der Waals surface area contributed by atoms with Crippen molar-refractivity contribution < 1.29 is 35.2 Å². The third kappa shape index (κ3) is 6.05. The van der Waals surface area contributed by atoms with Gasteiger partial charge in [-0.1, -0.05) is 17.7 Å². The molecule has 2 rings (SSSR count). The molecular formula is C19H30BrN2O3P. The Balaban J connectivity index is 0.00000338. The van der Waals surface area contributed by atoms with Crippen LogP contribution >= 0.6 is 7.60 Å². The van der Waals surface area contributed by atoms with Crippen molar-refractivity contribution in [2.24, 2.45) is 0 Å². The van der Waals surface area contributed by atoms with Crippen molar-refractivity contribution in [3.63, 3.8) is 0 Å². The van der Waals surface area contributed by atoms with Gasteiger partial charge in [-0.25, -0.2) is 9.13 Å². The average Bonchev–Trinajstić information content (AvgIpc) is 2.95. The molecule has 0 saturated heterocycles. The monoisotopic (exact) mass is 444 g/mol. The molecule has 0 saturated carbocycles. The van der Waals surface area contributed by atoms with Gasteiger partial charge >= 0.3 is 7.60 Å². The summed E-state index contributed by atoms with van der Waals surface area (Å²) in [6.07, 6.45) is 7.38. The van der Waals surface area contributed by atoms with Crippen LogP contribution in [0.25, 0.3) is 5.69 Å². The highest BCUT2D eigenvalue weighted by Gasteiger charge is 2.23. The standard InChI is InChI=1S/C19H30N2O3P.BrH/c1-6-23-25(22,24-7-2)12-8-9-20-10-11-21(15-20)19-17(4)13-16(3)14-18(19)5;/h10-11,13-15H,6-9,12H2,1-5H3;1H/q+1;/p-1. The van der Waals surface area contributed by atoms with Gasteiger partial charge in [0.1, 0.15) is 18.1 Å². The van der Waals surface area contributed by atoms with Gasteiger partial charge < -0.3 is 26.0 Å². The summed E-state index contributed by atoms with van der Waals surface area (Å²) in [6.45, 7) is 11.7. The third-order valence-electron chi connectivity index (χ3n) is 4.08. The van der Waals surface area contributed by atoms with E-state index in [0.717, 1.165) is 13.0 Å². The SMILES string of the molecule is CCOP(=O)(CCC[n+]1ccn(-c2c(C)cc(C)cc2C)c1)OCC.[Br-]. The van der Waals surface area contributed by atoms with E-state index in [4.69, 9.17) is 9.05 Å². The fraction of sp³-hybridized carbons (Fsp3) is 0.526. The summed E-state index contributed by atoms with van der Waals surface area (Å²) in [5, 5.41) is 0. The van der Waals surface area contributed by atoms with Crippen molar-refractivity contribution >= 4 is 7.60 Å². The molecule has 2 aromatic rings. The lowest BCUT2D eigenvalue weighted by Crippen LogP contribution is -3.00. The minimum atomic E-state index is -2.95. The summed E-state index contributed by atoms with van der Waals surface area (Å²) in [4.78, 5) is 0. The first-order valence-corrected chi connectivity index (χ1v) is 10.6. The molecule has 0 fully saturated rings. The second-order valence-corrected chi connectivity index (χ2v) is 8.52. The number of hydrogen-bond acceptors (Lipinski definition) is 3. The van der Waals surface area contributed by atoms with Crippen molar-refractivity contribution in [3.8, 4) is 5.69 Å². The molecular weight excluding hydrogens is 415 g/mol. The molecule has 7 heteroatoms. The minimum absolute atomic E-state index is 0. The highest BCUT2D eigenvalue weighted by Crippen LogP contribution is 2.48. The van der Waals surface area contributed by atoms with E-state index in [0.29, 0.717) is 19.4 Å². The lowest BCUT2D eigenvalue weighted by molar-refractivity contribution is -0.696. The number of halogens is 1. The van der Waals surface area contributed by atoms with E-state index in [1.807, 2.05) is 20.0 Å². The van der Waals surface area contributed by atoms with Crippen LogP contribution in [0.5, 0.6) is 0 Å². The fourth-order valence-corrected chi connectivity index (χ4v) is 4.89. The minimum Gasteiger partial charge on any atom is -1.00 e. The number of hydrogen-bond donors (Lipinski definition) is 0. The van der Waals surface area contributed by atoms with Gasteiger partial charge in [0.05, 0.1) is 25.9 Å². The molecule has 0 N–H and O–H groups in total. The first-order valence-electron chi connectivity index (χ1n) is 8.92. The van der Waals surface area contributed by atoms with Crippen LogP contribution in [0.1, 0.15) is 37.0 Å². The molecule has 1 aromatic carbocycles. The Morgan fingerprint density at radius 3 is 2.19 bits per heavy atom. The number of aryl methyl sites for hydroxylation is 4. The van der Waals surface area contributed by atoms with Crippen LogP contribution in [-0.4, -0.2) is 23.9 Å². The summed E-state index contributed by atoms with van der Waals surface area (Å²) in [5.41, 5.74) is 5.02. The molecule has 0 atom stereocenters. The van der Waals surface area contributed by atoms with E-state index in [-0.39, 0.29) is 17.0 Å². The van der Waals surface area contributed by atoms with Gasteiger partial charge in [0.2, 0.25) is 6.33 Å². The molecule has 0 bridgehead atoms. The largest absolute Gasteiger partial charge is 1.00 e. The van der Waals surface area contributed by atoms with E-state index in [1.54, 1.807) is 0 Å². The molecule has 5 nitrogen and oxygen atoms in total. The maximum absolute atomic E-state index is 12.5. The molecule has 0 unspecified atom stereocenters. The molecule has 0 spiro atoms. The predicted molar refractivity (Wildman–Crippen MR) is 101 cm³/mol. The second-order valence-electron chi connectivity index (χ2n) is 6.33. The van der Waals surface area contributed by atoms with Crippen LogP contribution in [0.2, 0.25) is 0 Å². The van der Waals surface area contributed by atoms with Crippen LogP contribution in [0, 0.1) is 20.8 Å². The Labute approximate surface area is 167 Å². The maximum Gasteiger partial charge on any atom is 0.330 e. The van der Waals surface area contributed by atoms with E-state index >= 15 is 0 Å². The zero-order chi connectivity index (χ0) is 18.4. The molecule has 0 aliphatic rings. The Bertz CT molecular complexity index is 728. The zero-order valence-corrected chi connectivity index (χ0v) is 18.8.